The van der Waals surface area contributed by atoms with Crippen LogP contribution in [0.2, 0.25) is 0 Å². The zero-order valence-corrected chi connectivity index (χ0v) is 15.3. The van der Waals surface area contributed by atoms with Gasteiger partial charge in [-0.05, 0) is 35.7 Å². The molecular formula is C15H9BrN4O2S2. The summed E-state index contributed by atoms with van der Waals surface area (Å²) in [6.07, 6.45) is 0. The van der Waals surface area contributed by atoms with Crippen molar-refractivity contribution in [1.82, 2.24) is 20.3 Å². The third-order valence-electron chi connectivity index (χ3n) is 3.06. The van der Waals surface area contributed by atoms with Crippen LogP contribution in [0.4, 0.5) is 0 Å². The van der Waals surface area contributed by atoms with E-state index in [1.54, 1.807) is 11.3 Å². The minimum Gasteiger partial charge on any atom is -0.411 e. The third kappa shape index (κ3) is 3.42. The number of hydrogen-bond acceptors (Lipinski definition) is 8. The van der Waals surface area contributed by atoms with E-state index in [-0.39, 0.29) is 0 Å². The minimum atomic E-state index is 0.461. The van der Waals surface area contributed by atoms with Gasteiger partial charge in [-0.2, -0.15) is 16.3 Å². The highest BCUT2D eigenvalue weighted by molar-refractivity contribution is 9.10. The highest BCUT2D eigenvalue weighted by Gasteiger charge is 2.13. The van der Waals surface area contributed by atoms with Crippen LogP contribution in [0.1, 0.15) is 5.89 Å². The Morgan fingerprint density at radius 1 is 1.08 bits per heavy atom. The van der Waals surface area contributed by atoms with Crippen molar-refractivity contribution in [2.45, 2.75) is 11.0 Å². The van der Waals surface area contributed by atoms with Crippen molar-refractivity contribution < 1.29 is 8.94 Å². The highest BCUT2D eigenvalue weighted by atomic mass is 79.9. The summed E-state index contributed by atoms with van der Waals surface area (Å²) in [4.78, 5) is 4.36. The van der Waals surface area contributed by atoms with Gasteiger partial charge >= 0.3 is 0 Å². The van der Waals surface area contributed by atoms with Crippen LogP contribution in [-0.2, 0) is 5.75 Å². The lowest BCUT2D eigenvalue weighted by molar-refractivity contribution is 0.391. The van der Waals surface area contributed by atoms with Gasteiger partial charge in [0.1, 0.15) is 0 Å². The van der Waals surface area contributed by atoms with E-state index in [0.29, 0.717) is 28.6 Å². The molecule has 0 bridgehead atoms. The smallest absolute Gasteiger partial charge is 0.277 e. The van der Waals surface area contributed by atoms with Gasteiger partial charge in [0.2, 0.25) is 17.6 Å². The summed E-state index contributed by atoms with van der Waals surface area (Å²) in [5, 5.41) is 16.5. The highest BCUT2D eigenvalue weighted by Crippen LogP contribution is 2.27. The van der Waals surface area contributed by atoms with Crippen molar-refractivity contribution in [2.24, 2.45) is 0 Å². The summed E-state index contributed by atoms with van der Waals surface area (Å²) >= 11 is 6.35. The molecule has 1 aromatic carbocycles. The lowest BCUT2D eigenvalue weighted by atomic mass is 10.2. The van der Waals surface area contributed by atoms with E-state index in [9.17, 15) is 0 Å². The largest absolute Gasteiger partial charge is 0.411 e. The number of thioether (sulfide) groups is 1. The van der Waals surface area contributed by atoms with E-state index in [1.165, 1.54) is 11.8 Å². The fourth-order valence-corrected chi connectivity index (χ4v) is 3.42. The first-order valence-electron chi connectivity index (χ1n) is 6.85. The first kappa shape index (κ1) is 15.6. The number of benzene rings is 1. The summed E-state index contributed by atoms with van der Waals surface area (Å²) in [6, 6.07) is 9.64. The molecule has 0 unspecified atom stereocenters. The fraction of sp³-hybridized carbons (Fsp3) is 0.0667. The normalized spacial score (nSPS) is 11.0. The second-order valence-electron chi connectivity index (χ2n) is 4.69. The van der Waals surface area contributed by atoms with Crippen LogP contribution in [0.5, 0.6) is 0 Å². The molecule has 9 heteroatoms. The molecule has 4 aromatic rings. The molecule has 3 aromatic heterocycles. The second-order valence-corrected chi connectivity index (χ2v) is 7.31. The Morgan fingerprint density at radius 2 is 1.96 bits per heavy atom. The third-order valence-corrected chi connectivity index (χ3v) is 5.08. The molecule has 0 aliphatic heterocycles. The maximum absolute atomic E-state index is 5.65. The molecule has 0 amide bonds. The first-order chi connectivity index (χ1) is 11.8. The predicted octanol–water partition coefficient (Wildman–Crippen LogP) is 4.90. The second kappa shape index (κ2) is 6.88. The van der Waals surface area contributed by atoms with Gasteiger partial charge in [0.25, 0.3) is 5.22 Å². The standard InChI is InChI=1S/C15H9BrN4O2S2/c16-11-3-1-9(2-4-11)14-18-19-15(21-14)24-8-12-17-13(20-22-12)10-5-6-23-7-10/h1-7H,8H2. The van der Waals surface area contributed by atoms with Crippen molar-refractivity contribution >= 4 is 39.0 Å². The molecule has 3 heterocycles. The quantitative estimate of drug-likeness (QED) is 0.424. The predicted molar refractivity (Wildman–Crippen MR) is 94.6 cm³/mol. The number of aromatic nitrogens is 4. The molecule has 0 saturated heterocycles. The summed E-state index contributed by atoms with van der Waals surface area (Å²) in [7, 11) is 0. The Morgan fingerprint density at radius 3 is 2.75 bits per heavy atom. The number of hydrogen-bond donors (Lipinski definition) is 0. The Labute approximate surface area is 153 Å². The Kier molecular flexibility index (Phi) is 4.46. The number of halogens is 1. The molecule has 120 valence electrons. The maximum Gasteiger partial charge on any atom is 0.277 e. The maximum atomic E-state index is 5.65. The summed E-state index contributed by atoms with van der Waals surface area (Å²) in [6.45, 7) is 0. The van der Waals surface area contributed by atoms with E-state index in [0.717, 1.165) is 15.6 Å². The molecule has 0 aliphatic carbocycles. The monoisotopic (exact) mass is 420 g/mol. The van der Waals surface area contributed by atoms with E-state index < -0.39 is 0 Å². The molecule has 0 spiro atoms. The summed E-state index contributed by atoms with van der Waals surface area (Å²) in [5.41, 5.74) is 1.82. The minimum absolute atomic E-state index is 0.461. The molecule has 0 atom stereocenters. The lowest BCUT2D eigenvalue weighted by Gasteiger charge is -1.94. The van der Waals surface area contributed by atoms with E-state index in [1.807, 2.05) is 41.1 Å². The van der Waals surface area contributed by atoms with Gasteiger partial charge in [-0.25, -0.2) is 0 Å². The van der Waals surface area contributed by atoms with E-state index >= 15 is 0 Å². The molecule has 0 aliphatic rings. The molecule has 0 saturated carbocycles. The number of nitrogens with zero attached hydrogens (tertiary/aromatic N) is 4. The average Bonchev–Trinajstić information content (AvgIpc) is 3.34. The fourth-order valence-electron chi connectivity index (χ4n) is 1.92. The van der Waals surface area contributed by atoms with E-state index in [2.05, 4.69) is 36.3 Å². The van der Waals surface area contributed by atoms with Gasteiger partial charge in [-0.3, -0.25) is 0 Å². The van der Waals surface area contributed by atoms with Crippen molar-refractivity contribution in [3.05, 3.63) is 51.5 Å². The molecule has 4 rings (SSSR count). The van der Waals surface area contributed by atoms with Crippen molar-refractivity contribution in [2.75, 3.05) is 0 Å². The molecular weight excluding hydrogens is 412 g/mol. The molecule has 0 radical (unpaired) electrons. The summed E-state index contributed by atoms with van der Waals surface area (Å²) < 4.78 is 11.9. The molecule has 0 N–H and O–H groups in total. The van der Waals surface area contributed by atoms with Crippen LogP contribution in [0.25, 0.3) is 22.8 Å². The van der Waals surface area contributed by atoms with Gasteiger partial charge in [-0.15, -0.1) is 10.2 Å². The Bertz CT molecular complexity index is 935. The first-order valence-corrected chi connectivity index (χ1v) is 9.57. The van der Waals surface area contributed by atoms with Gasteiger partial charge in [0.05, 0.1) is 5.75 Å². The zero-order valence-electron chi connectivity index (χ0n) is 12.0. The van der Waals surface area contributed by atoms with Crippen molar-refractivity contribution in [3.63, 3.8) is 0 Å². The number of thiophene rings is 1. The van der Waals surface area contributed by atoms with Crippen LogP contribution in [0, 0.1) is 0 Å². The Balaban J connectivity index is 1.42. The average molecular weight is 421 g/mol. The molecule has 6 nitrogen and oxygen atoms in total. The zero-order chi connectivity index (χ0) is 16.4. The van der Waals surface area contributed by atoms with E-state index in [4.69, 9.17) is 8.94 Å². The van der Waals surface area contributed by atoms with Crippen LogP contribution in [-0.4, -0.2) is 20.3 Å². The van der Waals surface area contributed by atoms with Crippen LogP contribution >= 0.6 is 39.0 Å². The molecule has 24 heavy (non-hydrogen) atoms. The van der Waals surface area contributed by atoms with Crippen LogP contribution < -0.4 is 0 Å². The van der Waals surface area contributed by atoms with Crippen molar-refractivity contribution in [1.29, 1.82) is 0 Å². The van der Waals surface area contributed by atoms with Gasteiger partial charge in [-0.1, -0.05) is 32.8 Å². The lowest BCUT2D eigenvalue weighted by Crippen LogP contribution is -1.81. The van der Waals surface area contributed by atoms with Gasteiger partial charge < -0.3 is 8.94 Å². The van der Waals surface area contributed by atoms with Crippen molar-refractivity contribution in [3.8, 4) is 22.8 Å². The number of rotatable bonds is 5. The molecule has 0 fully saturated rings. The topological polar surface area (TPSA) is 77.8 Å². The summed E-state index contributed by atoms with van der Waals surface area (Å²) in [5.74, 6) is 2.06. The SMILES string of the molecule is Brc1ccc(-c2nnc(SCc3nc(-c4ccsc4)no3)o2)cc1. The van der Waals surface area contributed by atoms with Gasteiger partial charge in [0.15, 0.2) is 0 Å². The van der Waals surface area contributed by atoms with Crippen LogP contribution in [0.3, 0.4) is 0 Å². The Hall–Kier alpha value is -1.97. The van der Waals surface area contributed by atoms with Crippen LogP contribution in [0.15, 0.2) is 59.7 Å². The van der Waals surface area contributed by atoms with Gasteiger partial charge in [0, 0.05) is 21.0 Å².